The van der Waals surface area contributed by atoms with Crippen molar-refractivity contribution in [1.82, 2.24) is 25.1 Å². The summed E-state index contributed by atoms with van der Waals surface area (Å²) >= 11 is 0. The summed E-state index contributed by atoms with van der Waals surface area (Å²) in [7, 11) is 0. The first kappa shape index (κ1) is 28.2. The van der Waals surface area contributed by atoms with E-state index in [0.29, 0.717) is 24.2 Å². The van der Waals surface area contributed by atoms with Crippen LogP contribution in [0.2, 0.25) is 0 Å². The van der Waals surface area contributed by atoms with E-state index < -0.39 is 47.1 Å². The largest absolute Gasteiger partial charge is 0.488 e. The lowest BCUT2D eigenvalue weighted by Gasteiger charge is -2.37. The van der Waals surface area contributed by atoms with Gasteiger partial charge in [-0.1, -0.05) is 18.2 Å². The van der Waals surface area contributed by atoms with Crippen LogP contribution in [0.1, 0.15) is 17.5 Å². The van der Waals surface area contributed by atoms with Crippen LogP contribution in [0.25, 0.3) is 0 Å². The molecule has 10 nitrogen and oxygen atoms in total. The normalized spacial score (nSPS) is 19.9. The highest BCUT2D eigenvalue weighted by atomic mass is 19.4. The molecule has 2 aliphatic rings. The Labute approximate surface area is 228 Å². The van der Waals surface area contributed by atoms with Crippen LogP contribution in [0, 0.1) is 0 Å². The van der Waals surface area contributed by atoms with Gasteiger partial charge in [0, 0.05) is 51.1 Å². The van der Waals surface area contributed by atoms with Crippen LogP contribution in [0.15, 0.2) is 53.6 Å². The van der Waals surface area contributed by atoms with Gasteiger partial charge in [0.15, 0.2) is 5.82 Å². The average molecular weight is 583 g/mol. The lowest BCUT2D eigenvalue weighted by atomic mass is 10.1. The van der Waals surface area contributed by atoms with E-state index in [2.05, 4.69) is 15.1 Å². The van der Waals surface area contributed by atoms with Crippen LogP contribution in [-0.4, -0.2) is 75.8 Å². The summed E-state index contributed by atoms with van der Waals surface area (Å²) in [6.07, 6.45) is -8.55. The van der Waals surface area contributed by atoms with Gasteiger partial charge < -0.3 is 19.4 Å². The van der Waals surface area contributed by atoms with Gasteiger partial charge in [-0.2, -0.15) is 31.4 Å². The molecule has 41 heavy (non-hydrogen) atoms. The fraction of sp³-hybridized carbons (Fsp3) is 0.400. The number of carbonyl (C=O) groups is 1. The topological polar surface area (TPSA) is 108 Å². The number of carbonyl (C=O) groups excluding carboxylic acids is 1. The number of aromatic nitrogens is 4. The van der Waals surface area contributed by atoms with Gasteiger partial charge in [0.1, 0.15) is 23.5 Å². The second-order valence-corrected chi connectivity index (χ2v) is 9.51. The lowest BCUT2D eigenvalue weighted by Crippen LogP contribution is -2.54. The first-order valence-corrected chi connectivity index (χ1v) is 12.5. The van der Waals surface area contributed by atoms with E-state index in [1.165, 1.54) is 9.80 Å². The third-order valence-corrected chi connectivity index (χ3v) is 6.82. The highest BCUT2D eigenvalue weighted by Gasteiger charge is 2.43. The maximum Gasteiger partial charge on any atom is 0.421 e. The van der Waals surface area contributed by atoms with Crippen molar-refractivity contribution in [3.8, 4) is 5.75 Å². The van der Waals surface area contributed by atoms with E-state index in [4.69, 9.17) is 4.74 Å². The number of nitrogens with one attached hydrogen (secondary N) is 1. The highest BCUT2D eigenvalue weighted by molar-refractivity contribution is 5.86. The minimum atomic E-state index is -4.93. The van der Waals surface area contributed by atoms with Crippen molar-refractivity contribution in [3.05, 3.63) is 70.3 Å². The number of H-pyrrole nitrogens is 1. The monoisotopic (exact) mass is 583 g/mol. The summed E-state index contributed by atoms with van der Waals surface area (Å²) in [6.45, 7) is 0.821. The summed E-state index contributed by atoms with van der Waals surface area (Å²) in [5.74, 6) is -0.0212. The number of halogens is 6. The summed E-state index contributed by atoms with van der Waals surface area (Å²) in [5.41, 5.74) is -3.82. The zero-order valence-corrected chi connectivity index (χ0v) is 21.2. The van der Waals surface area contributed by atoms with Crippen LogP contribution in [0.4, 0.5) is 38.1 Å². The van der Waals surface area contributed by atoms with Crippen LogP contribution in [-0.2, 0) is 17.1 Å². The third-order valence-electron chi connectivity index (χ3n) is 6.82. The van der Waals surface area contributed by atoms with Crippen LogP contribution in [0.3, 0.4) is 0 Å². The van der Waals surface area contributed by atoms with Crippen molar-refractivity contribution in [3.63, 3.8) is 0 Å². The molecule has 0 unspecified atom stereocenters. The highest BCUT2D eigenvalue weighted by Crippen LogP contribution is 2.33. The SMILES string of the molecule is O=C([C@@H]1C[C@H](Oc2ccccc2)CN1c1cc(C(F)(F)F)c(=O)[nH]n1)N1CCN(c2ncc(C(F)(F)F)cn2)CC1. The number of nitrogens with zero attached hydrogens (tertiary/aromatic N) is 6. The minimum Gasteiger partial charge on any atom is -0.488 e. The molecule has 5 rings (SSSR count). The van der Waals surface area contributed by atoms with Crippen molar-refractivity contribution in [1.29, 1.82) is 0 Å². The van der Waals surface area contributed by atoms with Gasteiger partial charge in [0.25, 0.3) is 5.56 Å². The number of ether oxygens (including phenoxy) is 1. The molecule has 0 radical (unpaired) electrons. The number of alkyl halides is 6. The molecule has 2 fully saturated rings. The van der Waals surface area contributed by atoms with E-state index in [0.717, 1.165) is 0 Å². The second kappa shape index (κ2) is 10.9. The molecule has 2 saturated heterocycles. The Kier molecular flexibility index (Phi) is 7.48. The van der Waals surface area contributed by atoms with Crippen molar-refractivity contribution >= 4 is 17.7 Å². The summed E-state index contributed by atoms with van der Waals surface area (Å²) < 4.78 is 84.8. The number of rotatable bonds is 5. The third kappa shape index (κ3) is 6.20. The van der Waals surface area contributed by atoms with Gasteiger partial charge in [-0.05, 0) is 12.1 Å². The Morgan fingerprint density at radius 2 is 1.61 bits per heavy atom. The Balaban J connectivity index is 1.33. The van der Waals surface area contributed by atoms with E-state index in [1.807, 2.05) is 5.10 Å². The molecule has 0 bridgehead atoms. The minimum absolute atomic E-state index is 0.0288. The molecule has 2 aromatic heterocycles. The number of benzene rings is 1. The molecule has 1 N–H and O–H groups in total. The van der Waals surface area contributed by atoms with Crippen molar-refractivity contribution in [2.45, 2.75) is 30.9 Å². The molecule has 0 saturated carbocycles. The maximum atomic E-state index is 13.7. The Morgan fingerprint density at radius 3 is 2.22 bits per heavy atom. The maximum absolute atomic E-state index is 13.7. The molecule has 218 valence electrons. The zero-order valence-electron chi connectivity index (χ0n) is 21.2. The molecule has 0 aliphatic carbocycles. The Bertz CT molecular complexity index is 1420. The Morgan fingerprint density at radius 1 is 0.951 bits per heavy atom. The number of piperazine rings is 1. The molecule has 2 aliphatic heterocycles. The predicted octanol–water partition coefficient (Wildman–Crippen LogP) is 2.97. The molecule has 2 atom stereocenters. The van der Waals surface area contributed by atoms with Crippen molar-refractivity contribution in [2.24, 2.45) is 0 Å². The van der Waals surface area contributed by atoms with Crippen LogP contribution >= 0.6 is 0 Å². The number of para-hydroxylation sites is 1. The molecule has 0 spiro atoms. The molecular formula is C25H23F6N7O3. The number of hydrogen-bond acceptors (Lipinski definition) is 8. The standard InChI is InChI=1S/C25H23F6N7O3/c26-24(27,28)15-12-32-23(33-13-15)37-8-6-36(7-9-37)22(40)19-10-17(41-16-4-2-1-3-5-16)14-38(19)20-11-18(25(29,30)31)21(39)35-34-20/h1-5,11-13,17,19H,6-10,14H2,(H,35,39)/t17-,19-/m0/s1. The molecule has 16 heteroatoms. The molecular weight excluding hydrogens is 560 g/mol. The van der Waals surface area contributed by atoms with Gasteiger partial charge in [0.05, 0.1) is 12.1 Å². The van der Waals surface area contributed by atoms with Crippen LogP contribution < -0.4 is 20.1 Å². The van der Waals surface area contributed by atoms with E-state index in [9.17, 15) is 35.9 Å². The van der Waals surface area contributed by atoms with Gasteiger partial charge >= 0.3 is 12.4 Å². The molecule has 4 heterocycles. The van der Waals surface area contributed by atoms with Crippen molar-refractivity contribution in [2.75, 3.05) is 42.5 Å². The van der Waals surface area contributed by atoms with Gasteiger partial charge in [0.2, 0.25) is 11.9 Å². The van der Waals surface area contributed by atoms with Crippen LogP contribution in [0.5, 0.6) is 5.75 Å². The number of aromatic amines is 1. The van der Waals surface area contributed by atoms with Gasteiger partial charge in [-0.3, -0.25) is 9.59 Å². The zero-order chi connectivity index (χ0) is 29.4. The van der Waals surface area contributed by atoms with Gasteiger partial charge in [-0.15, -0.1) is 0 Å². The van der Waals surface area contributed by atoms with E-state index >= 15 is 0 Å². The smallest absolute Gasteiger partial charge is 0.421 e. The van der Waals surface area contributed by atoms with Gasteiger partial charge in [-0.25, -0.2) is 15.1 Å². The molecule has 3 aromatic rings. The lowest BCUT2D eigenvalue weighted by molar-refractivity contribution is -0.139. The summed E-state index contributed by atoms with van der Waals surface area (Å²) in [5, 5.41) is 5.66. The summed E-state index contributed by atoms with van der Waals surface area (Å²) in [6, 6.07) is 8.39. The first-order chi connectivity index (χ1) is 19.4. The fourth-order valence-electron chi connectivity index (χ4n) is 4.78. The second-order valence-electron chi connectivity index (χ2n) is 9.51. The fourth-order valence-corrected chi connectivity index (χ4v) is 4.78. The first-order valence-electron chi connectivity index (χ1n) is 12.5. The molecule has 1 aromatic carbocycles. The number of hydrogen-bond donors (Lipinski definition) is 1. The van der Waals surface area contributed by atoms with E-state index in [-0.39, 0.29) is 50.9 Å². The van der Waals surface area contributed by atoms with E-state index in [1.54, 1.807) is 35.2 Å². The number of amides is 1. The number of anilines is 2. The quantitative estimate of drug-likeness (QED) is 0.457. The predicted molar refractivity (Wildman–Crippen MR) is 132 cm³/mol. The van der Waals surface area contributed by atoms with Crippen molar-refractivity contribution < 1.29 is 35.9 Å². The summed E-state index contributed by atoms with van der Waals surface area (Å²) in [4.78, 5) is 37.6. The molecule has 1 amide bonds. The average Bonchev–Trinajstić information content (AvgIpc) is 3.36. The Hall–Kier alpha value is -4.37.